The van der Waals surface area contributed by atoms with E-state index in [0.717, 1.165) is 28.3 Å². The Morgan fingerprint density at radius 1 is 1.50 bits per heavy atom. The van der Waals surface area contributed by atoms with E-state index >= 15 is 0 Å². The molecule has 94 valence electrons. The van der Waals surface area contributed by atoms with Crippen molar-refractivity contribution in [3.05, 3.63) is 33.9 Å². The van der Waals surface area contributed by atoms with Gasteiger partial charge in [-0.3, -0.25) is 4.40 Å². The third-order valence-corrected chi connectivity index (χ3v) is 4.63. The first-order valence-electron chi connectivity index (χ1n) is 5.38. The van der Waals surface area contributed by atoms with Crippen LogP contribution in [-0.2, 0) is 11.9 Å². The first kappa shape index (κ1) is 12.1. The smallest absolute Gasteiger partial charge is 0.195 e. The zero-order valence-electron chi connectivity index (χ0n) is 9.71. The van der Waals surface area contributed by atoms with Crippen molar-refractivity contribution in [3.63, 3.8) is 0 Å². The van der Waals surface area contributed by atoms with Gasteiger partial charge in [-0.1, -0.05) is 15.9 Å². The fourth-order valence-corrected chi connectivity index (χ4v) is 3.68. The Hall–Kier alpha value is -0.920. The largest absolute Gasteiger partial charge is 0.352 e. The Bertz CT molecular complexity index is 643. The lowest BCUT2D eigenvalue weighted by atomic mass is 10.4. The molecule has 3 aromatic rings. The zero-order valence-corrected chi connectivity index (χ0v) is 12.9. The molecule has 3 aromatic heterocycles. The Labute approximate surface area is 121 Å². The Balaban J connectivity index is 1.95. The second-order valence-electron chi connectivity index (χ2n) is 3.91. The van der Waals surface area contributed by atoms with Gasteiger partial charge in [-0.15, -0.1) is 22.7 Å². The van der Waals surface area contributed by atoms with Gasteiger partial charge in [0.2, 0.25) is 0 Å². The molecule has 3 heterocycles. The van der Waals surface area contributed by atoms with Crippen LogP contribution in [0.5, 0.6) is 0 Å². The van der Waals surface area contributed by atoms with Crippen LogP contribution in [0.25, 0.3) is 4.96 Å². The summed E-state index contributed by atoms with van der Waals surface area (Å²) in [5.74, 6) is 1.02. The molecule has 0 aromatic carbocycles. The summed E-state index contributed by atoms with van der Waals surface area (Å²) >= 11 is 6.82. The topological polar surface area (TPSA) is 33.4 Å². The van der Waals surface area contributed by atoms with Gasteiger partial charge >= 0.3 is 0 Å². The average Bonchev–Trinajstić information content (AvgIpc) is 3.03. The number of anilines is 1. The Kier molecular flexibility index (Phi) is 3.36. The molecule has 0 spiro atoms. The average molecular weight is 343 g/mol. The standard InChI is InChI=1S/C11H11BrN4S2/c1-15(5-8-6-17-7-13-8)10-9(4-12)16-2-3-18-11(16)14-10/h2-3,6-7H,4-5H2,1H3. The molecule has 0 aliphatic carbocycles. The van der Waals surface area contributed by atoms with Crippen molar-refractivity contribution < 1.29 is 0 Å². The first-order valence-corrected chi connectivity index (χ1v) is 8.32. The molecule has 0 fully saturated rings. The SMILES string of the molecule is CN(Cc1cscn1)c1nc2sccn2c1CBr. The number of alkyl halides is 1. The molecule has 18 heavy (non-hydrogen) atoms. The van der Waals surface area contributed by atoms with Gasteiger partial charge in [0, 0.05) is 29.3 Å². The fourth-order valence-electron chi connectivity index (χ4n) is 1.88. The molecule has 0 saturated heterocycles. The van der Waals surface area contributed by atoms with Crippen molar-refractivity contribution in [2.45, 2.75) is 11.9 Å². The summed E-state index contributed by atoms with van der Waals surface area (Å²) in [7, 11) is 2.05. The molecule has 0 aliphatic rings. The fraction of sp³-hybridized carbons (Fsp3) is 0.273. The maximum absolute atomic E-state index is 4.68. The minimum absolute atomic E-state index is 0.786. The summed E-state index contributed by atoms with van der Waals surface area (Å²) < 4.78 is 2.13. The number of hydrogen-bond donors (Lipinski definition) is 0. The summed E-state index contributed by atoms with van der Waals surface area (Å²) in [6, 6.07) is 0. The van der Waals surface area contributed by atoms with E-state index in [4.69, 9.17) is 0 Å². The van der Waals surface area contributed by atoms with Crippen molar-refractivity contribution in [3.8, 4) is 0 Å². The van der Waals surface area contributed by atoms with Crippen molar-refractivity contribution in [2.24, 2.45) is 0 Å². The zero-order chi connectivity index (χ0) is 12.5. The van der Waals surface area contributed by atoms with Crippen LogP contribution in [0.15, 0.2) is 22.5 Å². The molecule has 4 nitrogen and oxygen atoms in total. The van der Waals surface area contributed by atoms with Crippen LogP contribution >= 0.6 is 38.6 Å². The molecule has 0 atom stereocenters. The summed E-state index contributed by atoms with van der Waals surface area (Å²) in [6.07, 6.45) is 2.06. The van der Waals surface area contributed by atoms with Gasteiger partial charge in [0.05, 0.1) is 23.4 Å². The maximum Gasteiger partial charge on any atom is 0.195 e. The number of thiazole rings is 2. The molecular formula is C11H11BrN4S2. The monoisotopic (exact) mass is 342 g/mol. The lowest BCUT2D eigenvalue weighted by molar-refractivity contribution is 0.872. The summed E-state index contributed by atoms with van der Waals surface area (Å²) in [5.41, 5.74) is 4.13. The highest BCUT2D eigenvalue weighted by Crippen LogP contribution is 2.26. The lowest BCUT2D eigenvalue weighted by Gasteiger charge is -2.16. The van der Waals surface area contributed by atoms with Crippen LogP contribution in [0.1, 0.15) is 11.4 Å². The number of halogens is 1. The van der Waals surface area contributed by atoms with Gasteiger partial charge in [0.15, 0.2) is 10.8 Å². The minimum atomic E-state index is 0.786. The van der Waals surface area contributed by atoms with Gasteiger partial charge in [-0.25, -0.2) is 9.97 Å². The van der Waals surface area contributed by atoms with Crippen molar-refractivity contribution in [1.82, 2.24) is 14.4 Å². The number of aromatic nitrogens is 3. The molecule has 0 amide bonds. The molecule has 0 radical (unpaired) electrons. The van der Waals surface area contributed by atoms with E-state index < -0.39 is 0 Å². The van der Waals surface area contributed by atoms with E-state index in [0.29, 0.717) is 0 Å². The van der Waals surface area contributed by atoms with Crippen molar-refractivity contribution >= 4 is 49.4 Å². The number of imidazole rings is 1. The molecule has 0 unspecified atom stereocenters. The normalized spacial score (nSPS) is 11.2. The highest BCUT2D eigenvalue weighted by Gasteiger charge is 2.16. The second kappa shape index (κ2) is 4.99. The highest BCUT2D eigenvalue weighted by atomic mass is 79.9. The summed E-state index contributed by atoms with van der Waals surface area (Å²) in [4.78, 5) is 12.2. The molecular weight excluding hydrogens is 332 g/mol. The van der Waals surface area contributed by atoms with Crippen LogP contribution in [0.2, 0.25) is 0 Å². The first-order chi connectivity index (χ1) is 8.79. The third kappa shape index (κ3) is 2.06. The molecule has 7 heteroatoms. The molecule has 3 rings (SSSR count). The number of rotatable bonds is 4. The van der Waals surface area contributed by atoms with Crippen LogP contribution in [0.3, 0.4) is 0 Å². The van der Waals surface area contributed by atoms with E-state index in [-0.39, 0.29) is 0 Å². The van der Waals surface area contributed by atoms with Crippen LogP contribution in [-0.4, -0.2) is 21.4 Å². The van der Waals surface area contributed by atoms with E-state index in [9.17, 15) is 0 Å². The number of nitrogens with zero attached hydrogens (tertiary/aromatic N) is 4. The van der Waals surface area contributed by atoms with Crippen LogP contribution < -0.4 is 4.90 Å². The van der Waals surface area contributed by atoms with Gasteiger partial charge in [-0.05, 0) is 0 Å². The van der Waals surface area contributed by atoms with E-state index in [1.165, 1.54) is 5.69 Å². The van der Waals surface area contributed by atoms with Crippen LogP contribution in [0.4, 0.5) is 5.82 Å². The quantitative estimate of drug-likeness (QED) is 0.681. The van der Waals surface area contributed by atoms with E-state index in [1.54, 1.807) is 22.7 Å². The molecule has 0 N–H and O–H groups in total. The molecule has 0 saturated carbocycles. The van der Waals surface area contributed by atoms with Gasteiger partial charge in [-0.2, -0.15) is 0 Å². The highest BCUT2D eigenvalue weighted by molar-refractivity contribution is 9.08. The van der Waals surface area contributed by atoms with Gasteiger partial charge in [0.25, 0.3) is 0 Å². The number of fused-ring (bicyclic) bond motifs is 1. The van der Waals surface area contributed by atoms with Crippen molar-refractivity contribution in [1.29, 1.82) is 0 Å². The number of hydrogen-bond acceptors (Lipinski definition) is 5. The third-order valence-electron chi connectivity index (χ3n) is 2.71. The predicted molar refractivity (Wildman–Crippen MR) is 79.9 cm³/mol. The predicted octanol–water partition coefficient (Wildman–Crippen LogP) is 3.38. The minimum Gasteiger partial charge on any atom is -0.352 e. The van der Waals surface area contributed by atoms with Gasteiger partial charge < -0.3 is 4.90 Å². The molecule has 0 aliphatic heterocycles. The van der Waals surface area contributed by atoms with E-state index in [2.05, 4.69) is 59.2 Å². The molecule has 0 bridgehead atoms. The summed E-state index contributed by atoms with van der Waals surface area (Å²) in [6.45, 7) is 0.786. The van der Waals surface area contributed by atoms with Gasteiger partial charge in [0.1, 0.15) is 0 Å². The Morgan fingerprint density at radius 3 is 3.11 bits per heavy atom. The Morgan fingerprint density at radius 2 is 2.39 bits per heavy atom. The maximum atomic E-state index is 4.68. The van der Waals surface area contributed by atoms with E-state index in [1.807, 2.05) is 5.51 Å². The lowest BCUT2D eigenvalue weighted by Crippen LogP contribution is -2.18. The second-order valence-corrected chi connectivity index (χ2v) is 6.06. The summed E-state index contributed by atoms with van der Waals surface area (Å²) in [5, 5.41) is 4.92. The van der Waals surface area contributed by atoms with Crippen LogP contribution in [0, 0.1) is 0 Å². The van der Waals surface area contributed by atoms with Crippen molar-refractivity contribution in [2.75, 3.05) is 11.9 Å².